The van der Waals surface area contributed by atoms with Gasteiger partial charge in [0, 0.05) is 75.3 Å². The predicted molar refractivity (Wildman–Crippen MR) is 167 cm³/mol. The Hall–Kier alpha value is -3.60. The summed E-state index contributed by atoms with van der Waals surface area (Å²) in [5.74, 6) is -1.03. The number of piperazine rings is 1. The molecule has 0 bridgehead atoms. The molecule has 244 valence electrons. The highest BCUT2D eigenvalue weighted by atomic mass is 19.1. The number of nitrogens with zero attached hydrogens (tertiary/aromatic N) is 5. The van der Waals surface area contributed by atoms with E-state index in [-0.39, 0.29) is 42.8 Å². The van der Waals surface area contributed by atoms with Crippen LogP contribution in [-0.2, 0) is 26.2 Å². The van der Waals surface area contributed by atoms with Gasteiger partial charge in [0.2, 0.25) is 11.8 Å². The lowest BCUT2D eigenvalue weighted by atomic mass is 9.91. The largest absolute Gasteiger partial charge is 0.444 e. The van der Waals surface area contributed by atoms with Crippen molar-refractivity contribution in [3.05, 3.63) is 58.9 Å². The molecule has 0 spiro atoms. The van der Waals surface area contributed by atoms with Crippen molar-refractivity contribution in [2.75, 3.05) is 44.2 Å². The zero-order valence-electron chi connectivity index (χ0n) is 27.4. The lowest BCUT2D eigenvalue weighted by Crippen LogP contribution is -2.63. The van der Waals surface area contributed by atoms with Crippen molar-refractivity contribution in [1.29, 1.82) is 0 Å². The minimum absolute atomic E-state index is 0.0858. The van der Waals surface area contributed by atoms with Gasteiger partial charge in [-0.1, -0.05) is 26.8 Å². The molecule has 1 aromatic heterocycles. The highest BCUT2D eigenvalue weighted by molar-refractivity contribution is 5.97. The first-order chi connectivity index (χ1) is 21.0. The third-order valence-corrected chi connectivity index (χ3v) is 8.88. The van der Waals surface area contributed by atoms with E-state index in [0.717, 1.165) is 11.8 Å². The summed E-state index contributed by atoms with van der Waals surface area (Å²) in [6.45, 7) is 15.9. The molecule has 2 fully saturated rings. The molecule has 3 amide bonds. The number of carbonyl (C=O) groups is 3. The number of pyridine rings is 1. The topological polar surface area (TPSA) is 86.3 Å². The second-order valence-corrected chi connectivity index (χ2v) is 14.7. The Morgan fingerprint density at radius 2 is 1.82 bits per heavy atom. The number of benzene rings is 1. The van der Waals surface area contributed by atoms with Crippen molar-refractivity contribution in [3.8, 4) is 0 Å². The summed E-state index contributed by atoms with van der Waals surface area (Å²) >= 11 is 0. The molecular formula is C34H45F2N5O4. The molecule has 5 rings (SSSR count). The van der Waals surface area contributed by atoms with E-state index in [4.69, 9.17) is 9.72 Å². The molecule has 0 unspecified atom stereocenters. The van der Waals surface area contributed by atoms with E-state index in [2.05, 4.69) is 11.8 Å². The van der Waals surface area contributed by atoms with Crippen LogP contribution in [-0.4, -0.2) is 94.5 Å². The lowest BCUT2D eigenvalue weighted by molar-refractivity contribution is -0.129. The molecule has 0 aliphatic carbocycles. The maximum atomic E-state index is 14.4. The molecule has 3 atom stereocenters. The zero-order valence-corrected chi connectivity index (χ0v) is 27.4. The third kappa shape index (κ3) is 7.29. The van der Waals surface area contributed by atoms with Gasteiger partial charge in [-0.15, -0.1) is 0 Å². The number of rotatable bonds is 6. The first-order valence-electron chi connectivity index (χ1n) is 15.8. The van der Waals surface area contributed by atoms with Crippen LogP contribution in [0.3, 0.4) is 0 Å². The minimum Gasteiger partial charge on any atom is -0.444 e. The molecule has 3 aliphatic heterocycles. The van der Waals surface area contributed by atoms with Crippen molar-refractivity contribution in [2.45, 2.75) is 84.4 Å². The van der Waals surface area contributed by atoms with E-state index >= 15 is 0 Å². The van der Waals surface area contributed by atoms with Crippen molar-refractivity contribution < 1.29 is 27.9 Å². The fourth-order valence-corrected chi connectivity index (χ4v) is 6.69. The highest BCUT2D eigenvalue weighted by Crippen LogP contribution is 2.40. The normalized spacial score (nSPS) is 23.4. The highest BCUT2D eigenvalue weighted by Gasteiger charge is 2.43. The number of likely N-dealkylation sites (tertiary alicyclic amines) is 1. The van der Waals surface area contributed by atoms with Gasteiger partial charge in [0.15, 0.2) is 0 Å². The van der Waals surface area contributed by atoms with Gasteiger partial charge < -0.3 is 19.4 Å². The predicted octanol–water partition coefficient (Wildman–Crippen LogP) is 4.75. The second-order valence-electron chi connectivity index (χ2n) is 14.7. The molecule has 11 heteroatoms. The Morgan fingerprint density at radius 3 is 2.47 bits per heavy atom. The Kier molecular flexibility index (Phi) is 8.96. The molecule has 45 heavy (non-hydrogen) atoms. The Bertz CT molecular complexity index is 1470. The summed E-state index contributed by atoms with van der Waals surface area (Å²) in [7, 11) is 0. The minimum atomic E-state index is -0.648. The number of amides is 3. The van der Waals surface area contributed by atoms with Gasteiger partial charge in [0.05, 0.1) is 17.9 Å². The Balaban J connectivity index is 1.37. The maximum absolute atomic E-state index is 14.4. The fourth-order valence-electron chi connectivity index (χ4n) is 6.69. The van der Waals surface area contributed by atoms with E-state index in [1.807, 2.05) is 52.5 Å². The summed E-state index contributed by atoms with van der Waals surface area (Å²) in [5, 5.41) is 0. The van der Waals surface area contributed by atoms with Gasteiger partial charge in [0.25, 0.3) is 0 Å². The second kappa shape index (κ2) is 12.3. The molecule has 2 saturated heterocycles. The summed E-state index contributed by atoms with van der Waals surface area (Å²) in [6, 6.07) is 4.93. The fraction of sp³-hybridized carbons (Fsp3) is 0.588. The van der Waals surface area contributed by atoms with Gasteiger partial charge in [-0.25, -0.2) is 13.6 Å². The van der Waals surface area contributed by atoms with Crippen LogP contribution >= 0.6 is 0 Å². The Morgan fingerprint density at radius 1 is 1.09 bits per heavy atom. The molecule has 9 nitrogen and oxygen atoms in total. The number of aromatic nitrogens is 1. The van der Waals surface area contributed by atoms with Gasteiger partial charge in [0.1, 0.15) is 17.2 Å². The smallest absolute Gasteiger partial charge is 0.410 e. The summed E-state index contributed by atoms with van der Waals surface area (Å²) < 4.78 is 33.6. The molecule has 2 aromatic rings. The van der Waals surface area contributed by atoms with E-state index in [1.165, 1.54) is 12.1 Å². The van der Waals surface area contributed by atoms with Gasteiger partial charge in [-0.05, 0) is 56.9 Å². The molecule has 4 heterocycles. The summed E-state index contributed by atoms with van der Waals surface area (Å²) in [5.41, 5.74) is 1.49. The molecule has 0 N–H and O–H groups in total. The van der Waals surface area contributed by atoms with Crippen molar-refractivity contribution in [3.63, 3.8) is 0 Å². The van der Waals surface area contributed by atoms with Crippen LogP contribution in [0.4, 0.5) is 19.3 Å². The number of ether oxygens (including phenoxy) is 1. The number of hydrogen-bond acceptors (Lipinski definition) is 6. The first-order valence-corrected chi connectivity index (χ1v) is 15.8. The zero-order chi connectivity index (χ0) is 32.8. The van der Waals surface area contributed by atoms with Crippen LogP contribution < -0.4 is 4.90 Å². The molecule has 0 radical (unpaired) electrons. The SMILES string of the molecule is C[C@H]1CC(=O)N(C[C@H]2CN(C(=O)OC(C)(C)C)[C@H](C)CN2CC(=O)N2CC(C)(C)c3ncc(Cc4ccc(F)cc4F)cc32)C1. The van der Waals surface area contributed by atoms with Gasteiger partial charge in [-0.3, -0.25) is 19.5 Å². The quantitative estimate of drug-likeness (QED) is 0.461. The van der Waals surface area contributed by atoms with Crippen molar-refractivity contribution in [1.82, 2.24) is 19.7 Å². The molecule has 1 aromatic carbocycles. The molecule has 3 aliphatic rings. The van der Waals surface area contributed by atoms with Crippen LogP contribution in [0.2, 0.25) is 0 Å². The average Bonchev–Trinajstić information content (AvgIpc) is 3.39. The third-order valence-electron chi connectivity index (χ3n) is 8.88. The van der Waals surface area contributed by atoms with Crippen molar-refractivity contribution >= 4 is 23.6 Å². The van der Waals surface area contributed by atoms with Gasteiger partial charge >= 0.3 is 6.09 Å². The monoisotopic (exact) mass is 625 g/mol. The number of hydrogen-bond donors (Lipinski definition) is 0. The van der Waals surface area contributed by atoms with E-state index in [0.29, 0.717) is 56.0 Å². The number of anilines is 1. The standard InChI is InChI=1S/C34H45F2N5O4/c1-21-10-29(42)39(15-21)17-26-18-40(32(44)45-33(3,4)5)22(2)16-38(26)19-30(43)41-20-34(6,7)31-28(41)12-23(14-37-31)11-24-8-9-25(35)13-27(24)36/h8-9,12-14,21-22,26H,10-11,15-20H2,1-7H3/t21-,22+,26-/m0/s1. The van der Waals surface area contributed by atoms with Crippen LogP contribution in [0, 0.1) is 17.6 Å². The Labute approximate surface area is 264 Å². The van der Waals surface area contributed by atoms with Crippen molar-refractivity contribution in [2.24, 2.45) is 5.92 Å². The van der Waals surface area contributed by atoms with Crippen LogP contribution in [0.15, 0.2) is 30.5 Å². The maximum Gasteiger partial charge on any atom is 0.410 e. The average molecular weight is 626 g/mol. The number of carbonyl (C=O) groups excluding carboxylic acids is 3. The van der Waals surface area contributed by atoms with E-state index in [9.17, 15) is 23.2 Å². The number of fused-ring (bicyclic) bond motifs is 1. The van der Waals surface area contributed by atoms with Crippen LogP contribution in [0.1, 0.15) is 71.7 Å². The van der Waals surface area contributed by atoms with Crippen LogP contribution in [0.5, 0.6) is 0 Å². The van der Waals surface area contributed by atoms with E-state index < -0.39 is 28.7 Å². The summed E-state index contributed by atoms with van der Waals surface area (Å²) in [4.78, 5) is 52.1. The lowest BCUT2D eigenvalue weighted by Gasteiger charge is -2.46. The molecular weight excluding hydrogens is 580 g/mol. The molecule has 0 saturated carbocycles. The van der Waals surface area contributed by atoms with E-state index in [1.54, 1.807) is 16.0 Å². The van der Waals surface area contributed by atoms with Gasteiger partial charge in [-0.2, -0.15) is 0 Å². The number of halogens is 2. The first kappa shape index (κ1) is 32.8. The van der Waals surface area contributed by atoms with Crippen LogP contribution in [0.25, 0.3) is 0 Å². The summed E-state index contributed by atoms with van der Waals surface area (Å²) in [6.07, 6.45) is 2.00.